The van der Waals surface area contributed by atoms with Gasteiger partial charge < -0.3 is 9.64 Å². The van der Waals surface area contributed by atoms with Crippen molar-refractivity contribution in [3.05, 3.63) is 0 Å². The van der Waals surface area contributed by atoms with Crippen LogP contribution in [0.15, 0.2) is 0 Å². The van der Waals surface area contributed by atoms with Crippen LogP contribution in [0, 0.1) is 11.8 Å². The molecule has 2 rings (SSSR count). The van der Waals surface area contributed by atoms with E-state index in [2.05, 4.69) is 30.6 Å². The molecular formula is C16H31FN2O. The quantitative estimate of drug-likeness (QED) is 0.681. The molecule has 2 fully saturated rings. The van der Waals surface area contributed by atoms with Crippen LogP contribution in [-0.2, 0) is 4.74 Å². The highest BCUT2D eigenvalue weighted by Gasteiger charge is 2.27. The zero-order chi connectivity index (χ0) is 14.5. The maximum absolute atomic E-state index is 12.7. The van der Waals surface area contributed by atoms with E-state index in [1.165, 1.54) is 19.5 Å². The summed E-state index contributed by atoms with van der Waals surface area (Å²) in [6.07, 6.45) is 2.12. The SMILES string of the molecule is CC(C)CN1CCC(OCCC(C)CN2CC(F)C2)C1. The molecule has 20 heavy (non-hydrogen) atoms. The Labute approximate surface area is 123 Å². The van der Waals surface area contributed by atoms with Gasteiger partial charge in [0.1, 0.15) is 6.17 Å². The van der Waals surface area contributed by atoms with Crippen molar-refractivity contribution >= 4 is 0 Å². The van der Waals surface area contributed by atoms with E-state index in [1.54, 1.807) is 0 Å². The van der Waals surface area contributed by atoms with Crippen LogP contribution in [0.25, 0.3) is 0 Å². The average Bonchev–Trinajstić information content (AvgIpc) is 2.74. The van der Waals surface area contributed by atoms with E-state index in [4.69, 9.17) is 4.74 Å². The minimum atomic E-state index is -0.580. The Balaban J connectivity index is 1.50. The molecule has 3 nitrogen and oxygen atoms in total. The molecule has 0 saturated carbocycles. The Morgan fingerprint density at radius 2 is 1.85 bits per heavy atom. The lowest BCUT2D eigenvalue weighted by atomic mass is 10.1. The highest BCUT2D eigenvalue weighted by atomic mass is 19.1. The third kappa shape index (κ3) is 5.30. The lowest BCUT2D eigenvalue weighted by molar-refractivity contribution is 0.0301. The molecule has 0 radical (unpaired) electrons. The van der Waals surface area contributed by atoms with Crippen molar-refractivity contribution in [1.82, 2.24) is 9.80 Å². The molecule has 0 amide bonds. The van der Waals surface area contributed by atoms with Crippen molar-refractivity contribution < 1.29 is 9.13 Å². The van der Waals surface area contributed by atoms with E-state index in [0.29, 0.717) is 25.1 Å². The van der Waals surface area contributed by atoms with E-state index in [0.717, 1.165) is 32.0 Å². The summed E-state index contributed by atoms with van der Waals surface area (Å²) in [4.78, 5) is 4.72. The van der Waals surface area contributed by atoms with Crippen LogP contribution in [0.4, 0.5) is 4.39 Å². The van der Waals surface area contributed by atoms with Gasteiger partial charge in [0.05, 0.1) is 6.10 Å². The van der Waals surface area contributed by atoms with Gasteiger partial charge in [-0.1, -0.05) is 20.8 Å². The first-order chi connectivity index (χ1) is 9.52. The highest BCUT2D eigenvalue weighted by Crippen LogP contribution is 2.17. The lowest BCUT2D eigenvalue weighted by Gasteiger charge is -2.36. The number of hydrogen-bond acceptors (Lipinski definition) is 3. The first-order valence-electron chi connectivity index (χ1n) is 8.23. The standard InChI is InChI=1S/C16H31FN2O/c1-13(2)8-18-6-4-16(12-18)20-7-5-14(3)9-19-10-15(17)11-19/h13-16H,4-12H2,1-3H3. The molecule has 4 heteroatoms. The van der Waals surface area contributed by atoms with Gasteiger partial charge in [-0.05, 0) is 24.7 Å². The fourth-order valence-corrected chi connectivity index (χ4v) is 3.24. The summed E-state index contributed by atoms with van der Waals surface area (Å²) in [5.41, 5.74) is 0. The second-order valence-electron chi connectivity index (χ2n) is 7.14. The predicted molar refractivity (Wildman–Crippen MR) is 80.8 cm³/mol. The van der Waals surface area contributed by atoms with Crippen LogP contribution in [0.3, 0.4) is 0 Å². The summed E-state index contributed by atoms with van der Waals surface area (Å²) in [6.45, 7) is 13.4. The predicted octanol–water partition coefficient (Wildman–Crippen LogP) is 2.41. The number of hydrogen-bond donors (Lipinski definition) is 0. The molecule has 0 aromatic rings. The molecule has 0 aromatic carbocycles. The monoisotopic (exact) mass is 286 g/mol. The maximum atomic E-state index is 12.7. The second kappa shape index (κ2) is 7.71. The van der Waals surface area contributed by atoms with E-state index in [-0.39, 0.29) is 0 Å². The summed E-state index contributed by atoms with van der Waals surface area (Å²) >= 11 is 0. The van der Waals surface area contributed by atoms with Gasteiger partial charge in [-0.25, -0.2) is 4.39 Å². The van der Waals surface area contributed by atoms with Crippen LogP contribution in [0.5, 0.6) is 0 Å². The Bertz CT molecular complexity index is 282. The number of alkyl halides is 1. The molecular weight excluding hydrogens is 255 g/mol. The van der Waals surface area contributed by atoms with Crippen molar-refractivity contribution in [3.8, 4) is 0 Å². The fraction of sp³-hybridized carbons (Fsp3) is 1.00. The fourth-order valence-electron chi connectivity index (χ4n) is 3.24. The van der Waals surface area contributed by atoms with Crippen molar-refractivity contribution in [2.45, 2.75) is 45.9 Å². The molecule has 2 heterocycles. The Hall–Kier alpha value is -0.190. The number of likely N-dealkylation sites (tertiary alicyclic amines) is 2. The zero-order valence-corrected chi connectivity index (χ0v) is 13.4. The summed E-state index contributed by atoms with van der Waals surface area (Å²) in [7, 11) is 0. The van der Waals surface area contributed by atoms with Gasteiger partial charge in [-0.3, -0.25) is 4.90 Å². The Morgan fingerprint density at radius 1 is 1.10 bits per heavy atom. The third-order valence-corrected chi connectivity index (χ3v) is 4.30. The van der Waals surface area contributed by atoms with Gasteiger partial charge >= 0.3 is 0 Å². The zero-order valence-electron chi connectivity index (χ0n) is 13.4. The van der Waals surface area contributed by atoms with Gasteiger partial charge in [0, 0.05) is 45.9 Å². The molecule has 2 saturated heterocycles. The van der Waals surface area contributed by atoms with E-state index < -0.39 is 6.17 Å². The normalized spacial score (nSPS) is 27.1. The molecule has 2 atom stereocenters. The smallest absolute Gasteiger partial charge is 0.125 e. The third-order valence-electron chi connectivity index (χ3n) is 4.30. The van der Waals surface area contributed by atoms with E-state index >= 15 is 0 Å². The van der Waals surface area contributed by atoms with Crippen LogP contribution in [-0.4, -0.2) is 68.0 Å². The van der Waals surface area contributed by atoms with Crippen molar-refractivity contribution in [3.63, 3.8) is 0 Å². The molecule has 0 bridgehead atoms. The van der Waals surface area contributed by atoms with E-state index in [9.17, 15) is 4.39 Å². The number of rotatable bonds is 8. The first kappa shape index (κ1) is 16.2. The average molecular weight is 286 g/mol. The molecule has 2 unspecified atom stereocenters. The maximum Gasteiger partial charge on any atom is 0.125 e. The highest BCUT2D eigenvalue weighted by molar-refractivity contribution is 4.80. The largest absolute Gasteiger partial charge is 0.377 e. The Kier molecular flexibility index (Phi) is 6.24. The van der Waals surface area contributed by atoms with Crippen LogP contribution < -0.4 is 0 Å². The first-order valence-corrected chi connectivity index (χ1v) is 8.23. The molecule has 0 aromatic heterocycles. The van der Waals surface area contributed by atoms with Crippen LogP contribution in [0.2, 0.25) is 0 Å². The molecule has 118 valence electrons. The van der Waals surface area contributed by atoms with Gasteiger partial charge in [-0.2, -0.15) is 0 Å². The minimum absolute atomic E-state index is 0.431. The second-order valence-corrected chi connectivity index (χ2v) is 7.14. The molecule has 0 aliphatic carbocycles. The Morgan fingerprint density at radius 3 is 2.50 bits per heavy atom. The summed E-state index contributed by atoms with van der Waals surface area (Å²) < 4.78 is 18.7. The lowest BCUT2D eigenvalue weighted by Crippen LogP contribution is -2.49. The van der Waals surface area contributed by atoms with Gasteiger partial charge in [0.15, 0.2) is 0 Å². The van der Waals surface area contributed by atoms with Crippen molar-refractivity contribution in [1.29, 1.82) is 0 Å². The minimum Gasteiger partial charge on any atom is -0.377 e. The summed E-state index contributed by atoms with van der Waals surface area (Å²) in [5, 5.41) is 0. The number of nitrogens with zero attached hydrogens (tertiary/aromatic N) is 2. The van der Waals surface area contributed by atoms with Gasteiger partial charge in [-0.15, -0.1) is 0 Å². The van der Waals surface area contributed by atoms with Gasteiger partial charge in [0.2, 0.25) is 0 Å². The summed E-state index contributed by atoms with van der Waals surface area (Å²) in [6, 6.07) is 0. The van der Waals surface area contributed by atoms with Gasteiger partial charge in [0.25, 0.3) is 0 Å². The molecule has 0 N–H and O–H groups in total. The number of halogens is 1. The number of ether oxygens (including phenoxy) is 1. The molecule has 2 aliphatic rings. The van der Waals surface area contributed by atoms with E-state index in [1.807, 2.05) is 0 Å². The van der Waals surface area contributed by atoms with Crippen molar-refractivity contribution in [2.24, 2.45) is 11.8 Å². The molecule has 0 spiro atoms. The van der Waals surface area contributed by atoms with Crippen LogP contribution in [0.1, 0.15) is 33.6 Å². The van der Waals surface area contributed by atoms with Crippen LogP contribution >= 0.6 is 0 Å². The van der Waals surface area contributed by atoms with Crippen molar-refractivity contribution in [2.75, 3.05) is 45.9 Å². The summed E-state index contributed by atoms with van der Waals surface area (Å²) in [5.74, 6) is 1.35. The molecule has 2 aliphatic heterocycles. The topological polar surface area (TPSA) is 15.7 Å².